The molecule has 1 amide bonds. The fraction of sp³-hybridized carbons (Fsp3) is 0.0667. The van der Waals surface area contributed by atoms with Crippen molar-refractivity contribution in [1.29, 1.82) is 0 Å². The van der Waals surface area contributed by atoms with E-state index in [1.165, 1.54) is 0 Å². The van der Waals surface area contributed by atoms with Gasteiger partial charge >= 0.3 is 0 Å². The van der Waals surface area contributed by atoms with Crippen molar-refractivity contribution >= 4 is 28.4 Å². The van der Waals surface area contributed by atoms with Crippen LogP contribution in [0.2, 0.25) is 5.02 Å². The van der Waals surface area contributed by atoms with Crippen molar-refractivity contribution in [3.05, 3.63) is 65.1 Å². The number of H-pyrrole nitrogens is 1. The Hall–Kier alpha value is -2.33. The van der Waals surface area contributed by atoms with E-state index >= 15 is 0 Å². The zero-order chi connectivity index (χ0) is 13.9. The smallest absolute Gasteiger partial charge is 0.267 e. The molecule has 0 bridgehead atoms. The van der Waals surface area contributed by atoms with Gasteiger partial charge in [-0.2, -0.15) is 0 Å². The Morgan fingerprint density at radius 1 is 1.30 bits per heavy atom. The number of fused-ring (bicyclic) bond motifs is 1. The Labute approximate surface area is 120 Å². The molecule has 1 aromatic carbocycles. The first-order valence-electron chi connectivity index (χ1n) is 6.18. The minimum absolute atomic E-state index is 0.152. The van der Waals surface area contributed by atoms with Crippen LogP contribution in [0.25, 0.3) is 10.9 Å². The van der Waals surface area contributed by atoms with Gasteiger partial charge in [0.1, 0.15) is 5.69 Å². The van der Waals surface area contributed by atoms with Crippen molar-refractivity contribution in [3.8, 4) is 0 Å². The van der Waals surface area contributed by atoms with Crippen LogP contribution in [0.1, 0.15) is 16.1 Å². The van der Waals surface area contributed by atoms with Gasteiger partial charge in [-0.05, 0) is 35.9 Å². The van der Waals surface area contributed by atoms with Gasteiger partial charge in [-0.15, -0.1) is 0 Å². The molecule has 0 radical (unpaired) electrons. The van der Waals surface area contributed by atoms with E-state index in [0.29, 0.717) is 17.3 Å². The number of hydrogen-bond acceptors (Lipinski definition) is 2. The molecular formula is C15H12ClN3O. The summed E-state index contributed by atoms with van der Waals surface area (Å²) in [7, 11) is 0. The number of hydrogen-bond donors (Lipinski definition) is 2. The fourth-order valence-corrected chi connectivity index (χ4v) is 2.19. The average Bonchev–Trinajstić information content (AvgIpc) is 2.89. The highest BCUT2D eigenvalue weighted by molar-refractivity contribution is 6.31. The van der Waals surface area contributed by atoms with Gasteiger partial charge in [-0.3, -0.25) is 9.78 Å². The molecule has 0 fully saturated rings. The maximum absolute atomic E-state index is 12.1. The number of amides is 1. The van der Waals surface area contributed by atoms with Crippen molar-refractivity contribution in [2.45, 2.75) is 6.54 Å². The number of halogens is 1. The molecule has 20 heavy (non-hydrogen) atoms. The van der Waals surface area contributed by atoms with E-state index in [9.17, 15) is 4.79 Å². The van der Waals surface area contributed by atoms with Crippen molar-refractivity contribution < 1.29 is 4.79 Å². The minimum atomic E-state index is -0.152. The highest BCUT2D eigenvalue weighted by Gasteiger charge is 2.09. The maximum Gasteiger partial charge on any atom is 0.267 e. The van der Waals surface area contributed by atoms with Gasteiger partial charge in [0.25, 0.3) is 5.91 Å². The molecule has 100 valence electrons. The van der Waals surface area contributed by atoms with Gasteiger partial charge in [0.2, 0.25) is 0 Å². The molecule has 5 heteroatoms. The molecular weight excluding hydrogens is 274 g/mol. The van der Waals surface area contributed by atoms with Crippen LogP contribution in [0.5, 0.6) is 0 Å². The number of carbonyl (C=O) groups excluding carboxylic acids is 1. The molecule has 0 aliphatic carbocycles. The molecule has 0 unspecified atom stereocenters. The van der Waals surface area contributed by atoms with Crippen molar-refractivity contribution in [1.82, 2.24) is 15.3 Å². The van der Waals surface area contributed by atoms with Crippen LogP contribution in [-0.4, -0.2) is 15.9 Å². The Bertz CT molecular complexity index is 752. The Morgan fingerprint density at radius 2 is 2.20 bits per heavy atom. The van der Waals surface area contributed by atoms with E-state index in [1.807, 2.05) is 24.3 Å². The predicted molar refractivity (Wildman–Crippen MR) is 78.7 cm³/mol. The second-order valence-corrected chi connectivity index (χ2v) is 4.89. The zero-order valence-corrected chi connectivity index (χ0v) is 11.3. The van der Waals surface area contributed by atoms with Crippen LogP contribution in [0.3, 0.4) is 0 Å². The molecule has 0 saturated heterocycles. The second kappa shape index (κ2) is 5.35. The molecule has 0 aliphatic rings. The number of nitrogens with zero attached hydrogens (tertiary/aromatic N) is 1. The lowest BCUT2D eigenvalue weighted by Gasteiger charge is -2.02. The maximum atomic E-state index is 12.1. The molecule has 3 rings (SSSR count). The number of nitrogens with one attached hydrogen (secondary N) is 2. The van der Waals surface area contributed by atoms with Gasteiger partial charge < -0.3 is 10.3 Å². The van der Waals surface area contributed by atoms with E-state index < -0.39 is 0 Å². The van der Waals surface area contributed by atoms with Gasteiger partial charge in [-0.1, -0.05) is 17.7 Å². The Balaban J connectivity index is 1.75. The molecule has 2 N–H and O–H groups in total. The van der Waals surface area contributed by atoms with E-state index in [4.69, 9.17) is 11.6 Å². The summed E-state index contributed by atoms with van der Waals surface area (Å²) in [5, 5.41) is 4.42. The van der Waals surface area contributed by atoms with Crippen LogP contribution in [0, 0.1) is 0 Å². The standard InChI is InChI=1S/C15H12ClN3O/c16-12-3-4-13-11(6-12)7-14(19-13)15(20)18-9-10-2-1-5-17-8-10/h1-8,19H,9H2,(H,18,20). The topological polar surface area (TPSA) is 57.8 Å². The number of pyridine rings is 1. The zero-order valence-electron chi connectivity index (χ0n) is 10.6. The third-order valence-electron chi connectivity index (χ3n) is 3.00. The normalized spacial score (nSPS) is 10.7. The molecule has 3 aromatic rings. The number of benzene rings is 1. The third-order valence-corrected chi connectivity index (χ3v) is 3.24. The number of aromatic amines is 1. The van der Waals surface area contributed by atoms with Gasteiger partial charge in [0.05, 0.1) is 0 Å². The first-order valence-corrected chi connectivity index (χ1v) is 6.55. The summed E-state index contributed by atoms with van der Waals surface area (Å²) in [6.07, 6.45) is 3.43. The molecule has 0 atom stereocenters. The molecule has 0 spiro atoms. The van der Waals surface area contributed by atoms with Crippen molar-refractivity contribution in [2.24, 2.45) is 0 Å². The van der Waals surface area contributed by atoms with Crippen LogP contribution in [-0.2, 0) is 6.54 Å². The molecule has 0 saturated carbocycles. The van der Waals surface area contributed by atoms with Crippen molar-refractivity contribution in [3.63, 3.8) is 0 Å². The van der Waals surface area contributed by atoms with Gasteiger partial charge in [0.15, 0.2) is 0 Å². The first-order chi connectivity index (χ1) is 9.72. The quantitative estimate of drug-likeness (QED) is 0.777. The number of aromatic nitrogens is 2. The first kappa shape index (κ1) is 12.7. The minimum Gasteiger partial charge on any atom is -0.351 e. The van der Waals surface area contributed by atoms with Crippen LogP contribution < -0.4 is 5.32 Å². The lowest BCUT2D eigenvalue weighted by atomic mass is 10.2. The summed E-state index contributed by atoms with van der Waals surface area (Å²) >= 11 is 5.93. The summed E-state index contributed by atoms with van der Waals surface area (Å²) < 4.78 is 0. The van der Waals surface area contributed by atoms with Gasteiger partial charge in [-0.25, -0.2) is 0 Å². The average molecular weight is 286 g/mol. The highest BCUT2D eigenvalue weighted by Crippen LogP contribution is 2.20. The van der Waals surface area contributed by atoms with E-state index in [-0.39, 0.29) is 5.91 Å². The SMILES string of the molecule is O=C(NCc1cccnc1)c1cc2cc(Cl)ccc2[nH]1. The van der Waals surface area contributed by atoms with Crippen LogP contribution in [0.15, 0.2) is 48.8 Å². The Morgan fingerprint density at radius 3 is 3.00 bits per heavy atom. The van der Waals surface area contributed by atoms with E-state index in [1.54, 1.807) is 24.5 Å². The fourth-order valence-electron chi connectivity index (χ4n) is 2.01. The second-order valence-electron chi connectivity index (χ2n) is 4.46. The summed E-state index contributed by atoms with van der Waals surface area (Å²) in [6.45, 7) is 0.447. The molecule has 0 aliphatic heterocycles. The Kier molecular flexibility index (Phi) is 3.39. The largest absolute Gasteiger partial charge is 0.351 e. The molecule has 4 nitrogen and oxygen atoms in total. The van der Waals surface area contributed by atoms with Gasteiger partial charge in [0, 0.05) is 34.9 Å². The summed E-state index contributed by atoms with van der Waals surface area (Å²) in [6, 6.07) is 11.0. The lowest BCUT2D eigenvalue weighted by Crippen LogP contribution is -2.23. The molecule has 2 aromatic heterocycles. The number of rotatable bonds is 3. The lowest BCUT2D eigenvalue weighted by molar-refractivity contribution is 0.0946. The summed E-state index contributed by atoms with van der Waals surface area (Å²) in [5.41, 5.74) is 2.37. The van der Waals surface area contributed by atoms with E-state index in [0.717, 1.165) is 16.5 Å². The van der Waals surface area contributed by atoms with Crippen molar-refractivity contribution in [2.75, 3.05) is 0 Å². The van der Waals surface area contributed by atoms with E-state index in [2.05, 4.69) is 15.3 Å². The predicted octanol–water partition coefficient (Wildman–Crippen LogP) is 3.15. The van der Waals surface area contributed by atoms with Crippen LogP contribution >= 0.6 is 11.6 Å². The number of carbonyl (C=O) groups is 1. The highest BCUT2D eigenvalue weighted by atomic mass is 35.5. The monoisotopic (exact) mass is 285 g/mol. The summed E-state index contributed by atoms with van der Waals surface area (Å²) in [5.74, 6) is -0.152. The third kappa shape index (κ3) is 2.65. The van der Waals surface area contributed by atoms with Crippen LogP contribution in [0.4, 0.5) is 0 Å². The summed E-state index contributed by atoms with van der Waals surface area (Å²) in [4.78, 5) is 19.2. The molecule has 2 heterocycles.